The van der Waals surface area contributed by atoms with Gasteiger partial charge in [-0.15, -0.1) is 0 Å². The standard InChI is InChI=1S/C22H34BrN3O3/c1-16(11-17-7-5-4-6-8-17)20(28)25-10-9-22(29,21(2,3)14-25)15-26-13-18(23)24-12-19(26)27/h12-13,16-17,29H,4-11,14-15H2,1-3H3. The fourth-order valence-corrected chi connectivity index (χ4v) is 5.35. The fourth-order valence-electron chi connectivity index (χ4n) is 5.00. The summed E-state index contributed by atoms with van der Waals surface area (Å²) in [7, 11) is 0. The Morgan fingerprint density at radius 1 is 1.34 bits per heavy atom. The second-order valence-corrected chi connectivity index (χ2v) is 10.6. The summed E-state index contributed by atoms with van der Waals surface area (Å²) < 4.78 is 2.06. The van der Waals surface area contributed by atoms with E-state index in [2.05, 4.69) is 27.8 Å². The Morgan fingerprint density at radius 2 is 2.03 bits per heavy atom. The van der Waals surface area contributed by atoms with Gasteiger partial charge in [-0.25, -0.2) is 4.98 Å². The Bertz CT molecular complexity index is 788. The highest BCUT2D eigenvalue weighted by Gasteiger charge is 2.49. The van der Waals surface area contributed by atoms with E-state index in [0.717, 1.165) is 6.42 Å². The summed E-state index contributed by atoms with van der Waals surface area (Å²) in [5, 5.41) is 11.4. The molecule has 2 aliphatic rings. The Kier molecular flexibility index (Phi) is 6.88. The van der Waals surface area contributed by atoms with Gasteiger partial charge in [-0.3, -0.25) is 9.59 Å². The molecule has 0 spiro atoms. The molecule has 162 valence electrons. The quantitative estimate of drug-likeness (QED) is 0.717. The first-order chi connectivity index (χ1) is 13.6. The van der Waals surface area contributed by atoms with Crippen molar-refractivity contribution < 1.29 is 9.90 Å². The van der Waals surface area contributed by atoms with Gasteiger partial charge in [0.1, 0.15) is 4.60 Å². The van der Waals surface area contributed by atoms with Crippen molar-refractivity contribution in [2.24, 2.45) is 17.3 Å². The van der Waals surface area contributed by atoms with Gasteiger partial charge in [0.2, 0.25) is 5.91 Å². The molecule has 0 bridgehead atoms. The third-order valence-electron chi connectivity index (χ3n) is 7.06. The molecule has 1 saturated carbocycles. The van der Waals surface area contributed by atoms with Crippen LogP contribution in [-0.2, 0) is 11.3 Å². The normalized spacial score (nSPS) is 26.3. The van der Waals surface area contributed by atoms with Crippen LogP contribution in [0.2, 0.25) is 0 Å². The van der Waals surface area contributed by atoms with Gasteiger partial charge in [0.25, 0.3) is 5.56 Å². The maximum Gasteiger partial charge on any atom is 0.269 e. The summed E-state index contributed by atoms with van der Waals surface area (Å²) in [4.78, 5) is 31.1. The summed E-state index contributed by atoms with van der Waals surface area (Å²) >= 11 is 3.29. The molecule has 2 atom stereocenters. The average Bonchev–Trinajstić information content (AvgIpc) is 2.67. The second kappa shape index (κ2) is 8.88. The van der Waals surface area contributed by atoms with Crippen LogP contribution in [0.3, 0.4) is 0 Å². The van der Waals surface area contributed by atoms with Crippen LogP contribution in [-0.4, -0.2) is 44.2 Å². The van der Waals surface area contributed by atoms with E-state index in [1.807, 2.05) is 18.7 Å². The molecule has 6 nitrogen and oxygen atoms in total. The summed E-state index contributed by atoms with van der Waals surface area (Å²) in [5.74, 6) is 0.905. The van der Waals surface area contributed by atoms with Crippen LogP contribution in [0.25, 0.3) is 0 Å². The van der Waals surface area contributed by atoms with E-state index in [9.17, 15) is 14.7 Å². The first-order valence-electron chi connectivity index (χ1n) is 10.8. The molecule has 29 heavy (non-hydrogen) atoms. The Hall–Kier alpha value is -1.21. The van der Waals surface area contributed by atoms with Crippen LogP contribution >= 0.6 is 15.9 Å². The highest BCUT2D eigenvalue weighted by molar-refractivity contribution is 9.10. The molecular formula is C22H34BrN3O3. The van der Waals surface area contributed by atoms with Gasteiger partial charge in [-0.2, -0.15) is 0 Å². The number of aliphatic hydroxyl groups is 1. The van der Waals surface area contributed by atoms with E-state index >= 15 is 0 Å². The molecule has 2 heterocycles. The molecule has 1 amide bonds. The molecule has 0 aromatic carbocycles. The Balaban J connectivity index is 1.66. The molecule has 1 aliphatic heterocycles. The van der Waals surface area contributed by atoms with Gasteiger partial charge in [0, 0.05) is 30.6 Å². The zero-order valence-corrected chi connectivity index (χ0v) is 19.4. The minimum atomic E-state index is -1.07. The molecule has 7 heteroatoms. The van der Waals surface area contributed by atoms with E-state index in [1.54, 1.807) is 6.20 Å². The third kappa shape index (κ3) is 5.10. The number of halogens is 1. The number of carbonyl (C=O) groups is 1. The summed E-state index contributed by atoms with van der Waals surface area (Å²) in [6.45, 7) is 7.24. The first kappa shape index (κ1) is 22.5. The monoisotopic (exact) mass is 467 g/mol. The van der Waals surface area contributed by atoms with Crippen molar-refractivity contribution in [1.82, 2.24) is 14.5 Å². The van der Waals surface area contributed by atoms with Crippen molar-refractivity contribution in [1.29, 1.82) is 0 Å². The third-order valence-corrected chi connectivity index (χ3v) is 7.47. The Morgan fingerprint density at radius 3 is 2.69 bits per heavy atom. The highest BCUT2D eigenvalue weighted by atomic mass is 79.9. The van der Waals surface area contributed by atoms with E-state index < -0.39 is 11.0 Å². The largest absolute Gasteiger partial charge is 0.387 e. The number of nitrogens with zero attached hydrogens (tertiary/aromatic N) is 3. The lowest BCUT2D eigenvalue weighted by atomic mass is 9.69. The zero-order chi connectivity index (χ0) is 21.2. The summed E-state index contributed by atoms with van der Waals surface area (Å²) in [5.41, 5.74) is -1.83. The lowest BCUT2D eigenvalue weighted by molar-refractivity contribution is -0.157. The van der Waals surface area contributed by atoms with Crippen molar-refractivity contribution >= 4 is 21.8 Å². The number of piperidine rings is 1. The molecule has 1 aromatic rings. The Labute approximate surface area is 181 Å². The molecule has 1 aliphatic carbocycles. The van der Waals surface area contributed by atoms with Gasteiger partial charge >= 0.3 is 0 Å². The van der Waals surface area contributed by atoms with Gasteiger partial charge < -0.3 is 14.6 Å². The lowest BCUT2D eigenvalue weighted by Crippen LogP contribution is -2.61. The van der Waals surface area contributed by atoms with Gasteiger partial charge in [0.15, 0.2) is 0 Å². The average molecular weight is 468 g/mol. The number of hydrogen-bond acceptors (Lipinski definition) is 4. The van der Waals surface area contributed by atoms with Crippen molar-refractivity contribution in [2.45, 2.75) is 77.9 Å². The molecule has 3 rings (SSSR count). The molecular weight excluding hydrogens is 434 g/mol. The second-order valence-electron chi connectivity index (χ2n) is 9.74. The SMILES string of the molecule is CC(CC1CCCCC1)C(=O)N1CCC(O)(Cn2cc(Br)ncc2=O)C(C)(C)C1. The minimum Gasteiger partial charge on any atom is -0.387 e. The number of likely N-dealkylation sites (tertiary alicyclic amines) is 1. The molecule has 1 aromatic heterocycles. The number of carbonyl (C=O) groups excluding carboxylic acids is 1. The number of rotatable bonds is 5. The predicted octanol–water partition coefficient (Wildman–Crippen LogP) is 3.60. The van der Waals surface area contributed by atoms with E-state index in [0.29, 0.717) is 30.0 Å². The number of aromatic nitrogens is 2. The van der Waals surface area contributed by atoms with Gasteiger partial charge in [-0.05, 0) is 34.7 Å². The van der Waals surface area contributed by atoms with Crippen LogP contribution in [0.5, 0.6) is 0 Å². The highest BCUT2D eigenvalue weighted by Crippen LogP contribution is 2.40. The van der Waals surface area contributed by atoms with Gasteiger partial charge in [0.05, 0.1) is 18.3 Å². The van der Waals surface area contributed by atoms with Crippen molar-refractivity contribution in [2.75, 3.05) is 13.1 Å². The summed E-state index contributed by atoms with van der Waals surface area (Å²) in [6.07, 6.45) is 10.7. The fraction of sp³-hybridized carbons (Fsp3) is 0.773. The van der Waals surface area contributed by atoms with E-state index in [4.69, 9.17) is 0 Å². The maximum atomic E-state index is 13.1. The molecule has 1 N–H and O–H groups in total. The van der Waals surface area contributed by atoms with Crippen LogP contribution in [0.1, 0.15) is 65.7 Å². The first-order valence-corrected chi connectivity index (χ1v) is 11.6. The number of hydrogen-bond donors (Lipinski definition) is 1. The van der Waals surface area contributed by atoms with Crippen LogP contribution in [0.4, 0.5) is 0 Å². The van der Waals surface area contributed by atoms with E-state index in [-0.39, 0.29) is 23.9 Å². The van der Waals surface area contributed by atoms with Crippen LogP contribution in [0, 0.1) is 17.3 Å². The van der Waals surface area contributed by atoms with Gasteiger partial charge in [-0.1, -0.05) is 52.9 Å². The smallest absolute Gasteiger partial charge is 0.269 e. The van der Waals surface area contributed by atoms with E-state index in [1.165, 1.54) is 42.9 Å². The minimum absolute atomic E-state index is 0.0267. The van der Waals surface area contributed by atoms with Crippen LogP contribution < -0.4 is 5.56 Å². The molecule has 2 unspecified atom stereocenters. The van der Waals surface area contributed by atoms with Crippen LogP contribution in [0.15, 0.2) is 21.8 Å². The maximum absolute atomic E-state index is 13.1. The lowest BCUT2D eigenvalue weighted by Gasteiger charge is -2.51. The number of amides is 1. The van der Waals surface area contributed by atoms with Crippen molar-refractivity contribution in [3.63, 3.8) is 0 Å². The zero-order valence-electron chi connectivity index (χ0n) is 17.9. The molecule has 0 radical (unpaired) electrons. The molecule has 1 saturated heterocycles. The summed E-state index contributed by atoms with van der Waals surface area (Å²) in [6, 6.07) is 0. The van der Waals surface area contributed by atoms with Crippen molar-refractivity contribution in [3.05, 3.63) is 27.4 Å². The topological polar surface area (TPSA) is 75.4 Å². The predicted molar refractivity (Wildman–Crippen MR) is 116 cm³/mol. The molecule has 2 fully saturated rings. The van der Waals surface area contributed by atoms with Crippen molar-refractivity contribution in [3.8, 4) is 0 Å².